The van der Waals surface area contributed by atoms with Crippen molar-refractivity contribution in [3.8, 4) is 0 Å². The highest BCUT2D eigenvalue weighted by molar-refractivity contribution is 5.90. The lowest BCUT2D eigenvalue weighted by Gasteiger charge is -2.50. The number of carboxylic acids is 2. The molecule has 0 aromatic rings. The van der Waals surface area contributed by atoms with Crippen molar-refractivity contribution in [2.75, 3.05) is 13.2 Å². The van der Waals surface area contributed by atoms with Crippen molar-refractivity contribution in [2.24, 2.45) is 17.8 Å². The molecule has 6 rings (SSSR count). The van der Waals surface area contributed by atoms with E-state index in [-0.39, 0.29) is 38.0 Å². The van der Waals surface area contributed by atoms with E-state index in [1.807, 2.05) is 0 Å². The van der Waals surface area contributed by atoms with Crippen LogP contribution in [0, 0.1) is 17.8 Å². The number of rotatable bonds is 16. The lowest BCUT2D eigenvalue weighted by molar-refractivity contribution is -0.368. The van der Waals surface area contributed by atoms with E-state index in [2.05, 4.69) is 0 Å². The number of aliphatic carboxylic acids is 2. The Morgan fingerprint density at radius 1 is 0.582 bits per heavy atom. The molecule has 25 nitrogen and oxygen atoms in total. The van der Waals surface area contributed by atoms with Crippen LogP contribution in [-0.2, 0) is 57.1 Å². The van der Waals surface area contributed by atoms with E-state index < -0.39 is 184 Å². The zero-order valence-electron chi connectivity index (χ0n) is 36.3. The fraction of sp³-hybridized carbons (Fsp3) is 0.833. The van der Waals surface area contributed by atoms with Gasteiger partial charge in [-0.2, -0.15) is 0 Å². The minimum Gasteiger partial charge on any atom is -0.481 e. The molecule has 6 aliphatic rings. The molecule has 0 amide bonds. The van der Waals surface area contributed by atoms with Crippen LogP contribution < -0.4 is 0 Å². The Kier molecular flexibility index (Phi) is 18.5. The van der Waals surface area contributed by atoms with Crippen molar-refractivity contribution < 1.29 is 123 Å². The number of hydrogen-bond acceptors (Lipinski definition) is 22. The predicted octanol–water partition coefficient (Wildman–Crippen LogP) is -5.00. The van der Waals surface area contributed by atoms with E-state index in [1.54, 1.807) is 6.08 Å². The van der Waals surface area contributed by atoms with E-state index in [0.717, 1.165) is 0 Å². The molecule has 3 aliphatic carbocycles. The number of aliphatic hydroxyl groups is 12. The van der Waals surface area contributed by atoms with E-state index in [0.29, 0.717) is 25.7 Å². The fourth-order valence-corrected chi connectivity index (χ4v) is 9.89. The number of hydrogen-bond donors (Lipinski definition) is 12. The third-order valence-corrected chi connectivity index (χ3v) is 13.4. The minimum absolute atomic E-state index is 0.0469. The molecule has 18 atom stereocenters. The van der Waals surface area contributed by atoms with Crippen LogP contribution in [0.4, 0.5) is 0 Å². The van der Waals surface area contributed by atoms with E-state index in [9.17, 15) is 75.0 Å². The minimum atomic E-state index is -2.07. The van der Waals surface area contributed by atoms with Crippen LogP contribution in [0.3, 0.4) is 0 Å². The molecule has 18 unspecified atom stereocenters. The van der Waals surface area contributed by atoms with Gasteiger partial charge < -0.3 is 99.2 Å². The summed E-state index contributed by atoms with van der Waals surface area (Å²) >= 11 is 0. The van der Waals surface area contributed by atoms with Gasteiger partial charge in [0.15, 0.2) is 30.9 Å². The fourth-order valence-electron chi connectivity index (χ4n) is 9.89. The summed E-state index contributed by atoms with van der Waals surface area (Å²) in [5, 5.41) is 126. The van der Waals surface area contributed by atoms with Crippen LogP contribution in [0.1, 0.15) is 70.6 Å². The van der Waals surface area contributed by atoms with E-state index >= 15 is 0 Å². The third-order valence-electron chi connectivity index (χ3n) is 13.4. The number of carboxylic acid groups (broad SMARTS) is 2. The van der Waals surface area contributed by atoms with Crippen molar-refractivity contribution in [3.63, 3.8) is 0 Å². The van der Waals surface area contributed by atoms with Crippen LogP contribution in [-0.4, -0.2) is 225 Å². The Hall–Kier alpha value is -3.51. The Morgan fingerprint density at radius 3 is 1.81 bits per heavy atom. The van der Waals surface area contributed by atoms with Gasteiger partial charge >= 0.3 is 29.8 Å². The first kappa shape index (κ1) is 52.9. The van der Waals surface area contributed by atoms with E-state index in [1.165, 1.54) is 6.08 Å². The lowest BCUT2D eigenvalue weighted by atomic mass is 9.72. The summed E-state index contributed by atoms with van der Waals surface area (Å²) in [7, 11) is 0. The predicted molar refractivity (Wildman–Crippen MR) is 214 cm³/mol. The highest BCUT2D eigenvalue weighted by Gasteiger charge is 2.58. The standard InChI is InChI=1S/C42H62O25/c43-18-4-1-16(2-5-18)3-6-30(51)60-14-26-34(55)35(56)37(58)41(65-26)64-25-11-20-23(62-39(25)17-7-21(45)33(54)22(46)8-17)9-19(44)10-24(20)63-42-38(59)36(57)40(67-32(53)13-29(49)50)27(66-42)15-61-31(52)12-28(47)48/h3,6,16-27,33-46,54-59H,1-2,4-5,7-15H2,(H,47,48)(H,49,50)/p+1. The summed E-state index contributed by atoms with van der Waals surface area (Å²) in [6.07, 6.45) is -25.0. The second-order valence-electron chi connectivity index (χ2n) is 18.3. The average molecular weight is 968 g/mol. The molecule has 6 fully saturated rings. The zero-order valence-corrected chi connectivity index (χ0v) is 36.3. The number of aliphatic hydroxyl groups excluding tert-OH is 10. The van der Waals surface area contributed by atoms with Crippen molar-refractivity contribution in [1.82, 2.24) is 0 Å². The van der Waals surface area contributed by atoms with Crippen LogP contribution >= 0.6 is 0 Å². The molecule has 13 N–H and O–H groups in total. The molecule has 3 heterocycles. The van der Waals surface area contributed by atoms with Crippen LogP contribution in [0.15, 0.2) is 12.2 Å². The molecular formula is C42H63O25+. The molecule has 67 heavy (non-hydrogen) atoms. The van der Waals surface area contributed by atoms with Gasteiger partial charge in [-0.05, 0) is 50.9 Å². The van der Waals surface area contributed by atoms with Gasteiger partial charge in [-0.3, -0.25) is 19.2 Å². The van der Waals surface area contributed by atoms with Crippen LogP contribution in [0.5, 0.6) is 0 Å². The molecule has 0 spiro atoms. The first-order valence-corrected chi connectivity index (χ1v) is 22.4. The second kappa shape index (κ2) is 23.4. The number of carbonyl (C=O) groups excluding carboxylic acids is 3. The summed E-state index contributed by atoms with van der Waals surface area (Å²) in [4.78, 5) is 59.3. The zero-order chi connectivity index (χ0) is 48.9. The highest BCUT2D eigenvalue weighted by atomic mass is 16.7. The van der Waals surface area contributed by atoms with Crippen molar-refractivity contribution in [3.05, 3.63) is 12.2 Å². The third kappa shape index (κ3) is 13.6. The van der Waals surface area contributed by atoms with Crippen molar-refractivity contribution in [2.45, 2.75) is 187 Å². The normalized spacial score (nSPS) is 43.7. The number of fused-ring (bicyclic) bond motifs is 1. The van der Waals surface area contributed by atoms with Gasteiger partial charge in [-0.25, -0.2) is 4.79 Å². The molecule has 0 bridgehead atoms. The second-order valence-corrected chi connectivity index (χ2v) is 18.3. The van der Waals surface area contributed by atoms with Crippen LogP contribution in [0.25, 0.3) is 0 Å². The quantitative estimate of drug-likeness (QED) is 0.0226. The molecule has 380 valence electrons. The molecule has 0 radical (unpaired) electrons. The van der Waals surface area contributed by atoms with Gasteiger partial charge in [-0.15, -0.1) is 0 Å². The maximum Gasteiger partial charge on any atom is 0.330 e. The maximum atomic E-state index is 12.7. The number of ether oxygens (including phenoxy) is 8. The van der Waals surface area contributed by atoms with Gasteiger partial charge in [0.05, 0.1) is 36.4 Å². The van der Waals surface area contributed by atoms with Crippen molar-refractivity contribution in [1.29, 1.82) is 0 Å². The van der Waals surface area contributed by atoms with Crippen LogP contribution in [0.2, 0.25) is 0 Å². The molecule has 3 aliphatic heterocycles. The number of allylic oxidation sites excluding steroid dienone is 1. The summed E-state index contributed by atoms with van der Waals surface area (Å²) < 4.78 is 44.7. The first-order chi connectivity index (χ1) is 31.7. The SMILES string of the molecule is O=C(O)CC(=O)OCC1OC(OC2CC(O)CC3[OH+]C(C4CC(O)C(O)C(O)C4)C(OC4OC(COC(=O)C=CC5CCC(O)CC5)C(O)C(O)C4O)CC23)C(O)C(O)C1OC(=O)CC(=O)O. The topological polar surface area (TPSA) is 406 Å². The monoisotopic (exact) mass is 967 g/mol. The Bertz CT molecular complexity index is 1710. The van der Waals surface area contributed by atoms with Gasteiger partial charge in [-0.1, -0.05) is 6.08 Å². The molecule has 25 heteroatoms. The van der Waals surface area contributed by atoms with Gasteiger partial charge in [0.2, 0.25) is 0 Å². The number of carbonyl (C=O) groups is 5. The molecule has 3 saturated carbocycles. The van der Waals surface area contributed by atoms with Crippen molar-refractivity contribution >= 4 is 29.8 Å². The lowest BCUT2D eigenvalue weighted by Crippen LogP contribution is -2.65. The largest absolute Gasteiger partial charge is 0.481 e. The summed E-state index contributed by atoms with van der Waals surface area (Å²) in [6, 6.07) is 0. The average Bonchev–Trinajstić information content (AvgIpc) is 3.26. The molecule has 0 aromatic heterocycles. The molecule has 0 aromatic carbocycles. The molecule has 3 saturated heterocycles. The molecular weight excluding hydrogens is 904 g/mol. The Morgan fingerprint density at radius 2 is 1.16 bits per heavy atom. The first-order valence-electron chi connectivity index (χ1n) is 22.4. The smallest absolute Gasteiger partial charge is 0.330 e. The number of esters is 3. The maximum absolute atomic E-state index is 12.7. The highest BCUT2D eigenvalue weighted by Crippen LogP contribution is 2.44. The van der Waals surface area contributed by atoms with Gasteiger partial charge in [0.1, 0.15) is 81.0 Å². The summed E-state index contributed by atoms with van der Waals surface area (Å²) in [6.45, 7) is -1.45. The van der Waals surface area contributed by atoms with Gasteiger partial charge in [0, 0.05) is 24.8 Å². The van der Waals surface area contributed by atoms with Gasteiger partial charge in [0.25, 0.3) is 0 Å². The van der Waals surface area contributed by atoms with E-state index in [4.69, 9.17) is 48.1 Å². The Labute approximate surface area is 382 Å². The summed E-state index contributed by atoms with van der Waals surface area (Å²) in [5.41, 5.74) is 0. The Balaban J connectivity index is 1.20. The summed E-state index contributed by atoms with van der Waals surface area (Å²) in [5.74, 6) is -7.94.